The van der Waals surface area contributed by atoms with Crippen LogP contribution in [-0.4, -0.2) is 9.91 Å². The second-order valence-electron chi connectivity index (χ2n) is 4.19. The molecule has 2 aromatic rings. The van der Waals surface area contributed by atoms with Crippen LogP contribution in [0.4, 0.5) is 5.69 Å². The van der Waals surface area contributed by atoms with Crippen molar-refractivity contribution in [3.8, 4) is 11.6 Å². The molecular formula is C13H12ClN3O3. The van der Waals surface area contributed by atoms with Crippen molar-refractivity contribution < 1.29 is 9.66 Å². The molecule has 0 aliphatic carbocycles. The van der Waals surface area contributed by atoms with E-state index >= 15 is 0 Å². The molecule has 0 aliphatic heterocycles. The van der Waals surface area contributed by atoms with Crippen LogP contribution < -0.4 is 10.5 Å². The summed E-state index contributed by atoms with van der Waals surface area (Å²) in [5.74, 6) is 0.642. The first kappa shape index (κ1) is 14.2. The normalized spacial score (nSPS) is 11.9. The molecule has 2 rings (SSSR count). The van der Waals surface area contributed by atoms with Crippen molar-refractivity contribution in [3.05, 3.63) is 57.2 Å². The Hall–Kier alpha value is -2.18. The molecule has 1 aromatic heterocycles. The Morgan fingerprint density at radius 3 is 2.65 bits per heavy atom. The third kappa shape index (κ3) is 3.23. The van der Waals surface area contributed by atoms with Gasteiger partial charge in [-0.3, -0.25) is 10.1 Å². The molecule has 6 nitrogen and oxygen atoms in total. The average Bonchev–Trinajstić information content (AvgIpc) is 2.41. The molecule has 0 radical (unpaired) electrons. The number of pyridine rings is 1. The number of nitro groups is 1. The summed E-state index contributed by atoms with van der Waals surface area (Å²) in [5.41, 5.74) is 6.51. The van der Waals surface area contributed by atoms with Crippen LogP contribution in [-0.2, 0) is 0 Å². The predicted molar refractivity (Wildman–Crippen MR) is 75.0 cm³/mol. The van der Waals surface area contributed by atoms with Crippen molar-refractivity contribution in [2.45, 2.75) is 13.0 Å². The number of nitro benzene ring substituents is 1. The third-order valence-corrected chi connectivity index (χ3v) is 2.92. The maximum absolute atomic E-state index is 10.6. The van der Waals surface area contributed by atoms with E-state index in [0.717, 1.165) is 5.56 Å². The van der Waals surface area contributed by atoms with Gasteiger partial charge in [-0.25, -0.2) is 4.98 Å². The molecule has 0 fully saturated rings. The molecule has 0 amide bonds. The molecule has 0 bridgehead atoms. The summed E-state index contributed by atoms with van der Waals surface area (Å²) in [6.45, 7) is 1.85. The maximum Gasteiger partial charge on any atom is 0.271 e. The summed E-state index contributed by atoms with van der Waals surface area (Å²) in [5, 5.41) is 10.8. The summed E-state index contributed by atoms with van der Waals surface area (Å²) in [6.07, 6.45) is 1.61. The van der Waals surface area contributed by atoms with Crippen LogP contribution in [0.1, 0.15) is 18.5 Å². The topological polar surface area (TPSA) is 91.3 Å². The second kappa shape index (κ2) is 5.85. The van der Waals surface area contributed by atoms with E-state index < -0.39 is 4.92 Å². The number of ether oxygens (including phenoxy) is 1. The number of rotatable bonds is 4. The minimum Gasteiger partial charge on any atom is -0.437 e. The molecule has 0 aliphatic rings. The van der Waals surface area contributed by atoms with E-state index in [1.807, 2.05) is 6.92 Å². The largest absolute Gasteiger partial charge is 0.437 e. The van der Waals surface area contributed by atoms with Gasteiger partial charge < -0.3 is 10.5 Å². The average molecular weight is 294 g/mol. The fraction of sp³-hybridized carbons (Fsp3) is 0.154. The number of aromatic nitrogens is 1. The molecule has 1 aromatic carbocycles. The van der Waals surface area contributed by atoms with Crippen LogP contribution in [0.2, 0.25) is 5.02 Å². The Labute approximate surface area is 120 Å². The monoisotopic (exact) mass is 293 g/mol. The molecule has 20 heavy (non-hydrogen) atoms. The first-order chi connectivity index (χ1) is 9.47. The third-order valence-electron chi connectivity index (χ3n) is 2.63. The zero-order valence-electron chi connectivity index (χ0n) is 10.6. The lowest BCUT2D eigenvalue weighted by molar-refractivity contribution is -0.384. The smallest absolute Gasteiger partial charge is 0.271 e. The van der Waals surface area contributed by atoms with E-state index in [1.54, 1.807) is 18.3 Å². The molecule has 0 spiro atoms. The van der Waals surface area contributed by atoms with Gasteiger partial charge in [0.2, 0.25) is 5.88 Å². The Balaban J connectivity index is 2.19. The fourth-order valence-corrected chi connectivity index (χ4v) is 1.73. The number of halogens is 1. The van der Waals surface area contributed by atoms with Crippen molar-refractivity contribution in [3.63, 3.8) is 0 Å². The van der Waals surface area contributed by atoms with Gasteiger partial charge in [-0.15, -0.1) is 0 Å². The highest BCUT2D eigenvalue weighted by atomic mass is 35.5. The van der Waals surface area contributed by atoms with Gasteiger partial charge in [-0.1, -0.05) is 17.7 Å². The van der Waals surface area contributed by atoms with E-state index in [4.69, 9.17) is 22.1 Å². The Bertz CT molecular complexity index is 629. The van der Waals surface area contributed by atoms with Crippen molar-refractivity contribution in [2.75, 3.05) is 0 Å². The van der Waals surface area contributed by atoms with Crippen LogP contribution in [0.25, 0.3) is 0 Å². The summed E-state index contributed by atoms with van der Waals surface area (Å²) in [6, 6.07) is 7.33. The first-order valence-corrected chi connectivity index (χ1v) is 6.18. The van der Waals surface area contributed by atoms with Gasteiger partial charge in [0.1, 0.15) is 5.75 Å². The summed E-state index contributed by atoms with van der Waals surface area (Å²) in [7, 11) is 0. The van der Waals surface area contributed by atoms with E-state index in [1.165, 1.54) is 18.2 Å². The standard InChI is InChI=1S/C13H12ClN3O3/c1-8(15)9-2-5-13(16-7-9)20-12-4-3-10(17(18)19)6-11(12)14/h2-8H,15H2,1H3/t8-/m0/s1. The predicted octanol–water partition coefficient (Wildman–Crippen LogP) is 3.46. The number of nitrogens with zero attached hydrogens (tertiary/aromatic N) is 2. The van der Waals surface area contributed by atoms with Gasteiger partial charge in [0.15, 0.2) is 0 Å². The Morgan fingerprint density at radius 2 is 2.15 bits per heavy atom. The van der Waals surface area contributed by atoms with Crippen molar-refractivity contribution in [1.82, 2.24) is 4.98 Å². The summed E-state index contributed by atoms with van der Waals surface area (Å²) >= 11 is 5.93. The van der Waals surface area contributed by atoms with Crippen molar-refractivity contribution in [2.24, 2.45) is 5.73 Å². The van der Waals surface area contributed by atoms with Gasteiger partial charge >= 0.3 is 0 Å². The molecule has 0 unspecified atom stereocenters. The van der Waals surface area contributed by atoms with Gasteiger partial charge in [-0.2, -0.15) is 0 Å². The van der Waals surface area contributed by atoms with Gasteiger partial charge in [0.25, 0.3) is 5.69 Å². The van der Waals surface area contributed by atoms with E-state index in [9.17, 15) is 10.1 Å². The van der Waals surface area contributed by atoms with Crippen molar-refractivity contribution in [1.29, 1.82) is 0 Å². The maximum atomic E-state index is 10.6. The number of nitrogens with two attached hydrogens (primary N) is 1. The molecule has 0 saturated carbocycles. The summed E-state index contributed by atoms with van der Waals surface area (Å²) < 4.78 is 5.47. The highest BCUT2D eigenvalue weighted by Gasteiger charge is 2.11. The minimum atomic E-state index is -0.522. The molecular weight excluding hydrogens is 282 g/mol. The lowest BCUT2D eigenvalue weighted by Gasteiger charge is -2.08. The van der Waals surface area contributed by atoms with Crippen LogP contribution >= 0.6 is 11.6 Å². The molecule has 2 N–H and O–H groups in total. The highest BCUT2D eigenvalue weighted by molar-refractivity contribution is 6.32. The SMILES string of the molecule is C[C@H](N)c1ccc(Oc2ccc([N+](=O)[O-])cc2Cl)nc1. The first-order valence-electron chi connectivity index (χ1n) is 5.80. The molecule has 7 heteroatoms. The Morgan fingerprint density at radius 1 is 1.40 bits per heavy atom. The zero-order valence-corrected chi connectivity index (χ0v) is 11.4. The highest BCUT2D eigenvalue weighted by Crippen LogP contribution is 2.31. The van der Waals surface area contributed by atoms with Crippen molar-refractivity contribution >= 4 is 17.3 Å². The van der Waals surface area contributed by atoms with Gasteiger partial charge in [-0.05, 0) is 18.6 Å². The molecule has 0 saturated heterocycles. The number of non-ortho nitro benzene ring substituents is 1. The lowest BCUT2D eigenvalue weighted by atomic mass is 10.2. The van der Waals surface area contributed by atoms with Gasteiger partial charge in [0.05, 0.1) is 9.95 Å². The lowest BCUT2D eigenvalue weighted by Crippen LogP contribution is -2.05. The van der Waals surface area contributed by atoms with Crippen LogP contribution in [0.3, 0.4) is 0 Å². The van der Waals surface area contributed by atoms with Crippen LogP contribution in [0.5, 0.6) is 11.6 Å². The number of hydrogen-bond donors (Lipinski definition) is 1. The Kier molecular flexibility index (Phi) is 4.16. The van der Waals surface area contributed by atoms with E-state index in [2.05, 4.69) is 4.98 Å². The van der Waals surface area contributed by atoms with Crippen LogP contribution in [0, 0.1) is 10.1 Å². The molecule has 1 heterocycles. The molecule has 1 atom stereocenters. The van der Waals surface area contributed by atoms with Gasteiger partial charge in [0, 0.05) is 30.4 Å². The number of hydrogen-bond acceptors (Lipinski definition) is 5. The van der Waals surface area contributed by atoms with E-state index in [-0.39, 0.29) is 16.8 Å². The quantitative estimate of drug-likeness (QED) is 0.688. The van der Waals surface area contributed by atoms with Crippen LogP contribution in [0.15, 0.2) is 36.5 Å². The second-order valence-corrected chi connectivity index (χ2v) is 4.60. The zero-order chi connectivity index (χ0) is 14.7. The fourth-order valence-electron chi connectivity index (χ4n) is 1.52. The summed E-state index contributed by atoms with van der Waals surface area (Å²) in [4.78, 5) is 14.2. The number of benzene rings is 1. The van der Waals surface area contributed by atoms with E-state index in [0.29, 0.717) is 11.6 Å². The molecule has 104 valence electrons. The minimum absolute atomic E-state index is 0.0948.